The summed E-state index contributed by atoms with van der Waals surface area (Å²) in [6.07, 6.45) is 0. The monoisotopic (exact) mass is 374 g/mol. The summed E-state index contributed by atoms with van der Waals surface area (Å²) in [5.74, 6) is -0.243. The third kappa shape index (κ3) is 2.70. The molecule has 27 heavy (non-hydrogen) atoms. The summed E-state index contributed by atoms with van der Waals surface area (Å²) in [6, 6.07) is 6.67. The molecule has 2 aromatic rings. The SMILES string of the molecule is COc1ccc(C2(C)Oc3c(OC)cc(O)c(C(=O)O)c3C2C)cc1OC. The lowest BCUT2D eigenvalue weighted by Gasteiger charge is -2.30. The third-order valence-corrected chi connectivity index (χ3v) is 5.23. The predicted octanol–water partition coefficient (Wildman–Crippen LogP) is 3.53. The number of methoxy groups -OCH3 is 3. The topological polar surface area (TPSA) is 94.5 Å². The first-order valence-corrected chi connectivity index (χ1v) is 8.37. The number of ether oxygens (including phenoxy) is 4. The lowest BCUT2D eigenvalue weighted by Crippen LogP contribution is -2.30. The van der Waals surface area contributed by atoms with E-state index in [2.05, 4.69) is 0 Å². The molecule has 3 rings (SSSR count). The number of aromatic carboxylic acids is 1. The van der Waals surface area contributed by atoms with Gasteiger partial charge in [-0.3, -0.25) is 0 Å². The Morgan fingerprint density at radius 3 is 2.26 bits per heavy atom. The van der Waals surface area contributed by atoms with E-state index in [-0.39, 0.29) is 23.0 Å². The van der Waals surface area contributed by atoms with Crippen molar-refractivity contribution in [1.29, 1.82) is 0 Å². The molecule has 0 aliphatic carbocycles. The van der Waals surface area contributed by atoms with Gasteiger partial charge in [0.25, 0.3) is 0 Å². The number of carboxylic acids is 1. The fourth-order valence-electron chi connectivity index (χ4n) is 3.57. The summed E-state index contributed by atoms with van der Waals surface area (Å²) in [5.41, 5.74) is 0.105. The molecule has 2 N–H and O–H groups in total. The molecule has 1 aliphatic heterocycles. The summed E-state index contributed by atoms with van der Waals surface area (Å²) in [4.78, 5) is 11.8. The van der Waals surface area contributed by atoms with Gasteiger partial charge in [-0.1, -0.05) is 13.0 Å². The quantitative estimate of drug-likeness (QED) is 0.827. The molecule has 0 saturated carbocycles. The fraction of sp³-hybridized carbons (Fsp3) is 0.350. The molecule has 2 unspecified atom stereocenters. The molecule has 0 spiro atoms. The van der Waals surface area contributed by atoms with Crippen LogP contribution in [-0.4, -0.2) is 37.5 Å². The minimum absolute atomic E-state index is 0.178. The number of benzene rings is 2. The Labute approximate surface area is 157 Å². The normalized spacial score (nSPS) is 20.6. The molecule has 0 fully saturated rings. The maximum Gasteiger partial charge on any atom is 0.339 e. The van der Waals surface area contributed by atoms with E-state index in [1.54, 1.807) is 26.4 Å². The Kier molecular flexibility index (Phi) is 4.55. The first kappa shape index (κ1) is 18.7. The second kappa shape index (κ2) is 6.57. The second-order valence-electron chi connectivity index (χ2n) is 6.52. The number of hydrogen-bond donors (Lipinski definition) is 2. The van der Waals surface area contributed by atoms with Crippen LogP contribution in [0.1, 0.15) is 41.3 Å². The Morgan fingerprint density at radius 1 is 1.07 bits per heavy atom. The number of carbonyl (C=O) groups is 1. The summed E-state index contributed by atoms with van der Waals surface area (Å²) in [6.45, 7) is 3.72. The predicted molar refractivity (Wildman–Crippen MR) is 97.6 cm³/mol. The fourth-order valence-corrected chi connectivity index (χ4v) is 3.57. The van der Waals surface area contributed by atoms with E-state index in [9.17, 15) is 15.0 Å². The van der Waals surface area contributed by atoms with Gasteiger partial charge in [0.2, 0.25) is 0 Å². The van der Waals surface area contributed by atoms with Gasteiger partial charge in [-0.05, 0) is 24.6 Å². The smallest absolute Gasteiger partial charge is 0.339 e. The van der Waals surface area contributed by atoms with E-state index in [1.165, 1.54) is 13.2 Å². The van der Waals surface area contributed by atoms with Crippen molar-refractivity contribution < 1.29 is 34.0 Å². The van der Waals surface area contributed by atoms with Gasteiger partial charge in [-0.25, -0.2) is 4.79 Å². The van der Waals surface area contributed by atoms with E-state index in [0.717, 1.165) is 5.56 Å². The van der Waals surface area contributed by atoms with Crippen molar-refractivity contribution in [2.24, 2.45) is 0 Å². The maximum atomic E-state index is 11.8. The van der Waals surface area contributed by atoms with Gasteiger partial charge in [0.15, 0.2) is 23.0 Å². The van der Waals surface area contributed by atoms with Crippen molar-refractivity contribution in [3.8, 4) is 28.7 Å². The Hall–Kier alpha value is -3.09. The van der Waals surface area contributed by atoms with Crippen molar-refractivity contribution in [3.05, 3.63) is 41.0 Å². The molecule has 0 aromatic heterocycles. The third-order valence-electron chi connectivity index (χ3n) is 5.23. The van der Waals surface area contributed by atoms with Gasteiger partial charge in [0, 0.05) is 17.5 Å². The van der Waals surface area contributed by atoms with Crippen LogP contribution in [0.4, 0.5) is 0 Å². The van der Waals surface area contributed by atoms with Gasteiger partial charge in [0.05, 0.1) is 21.3 Å². The van der Waals surface area contributed by atoms with Crippen molar-refractivity contribution in [2.75, 3.05) is 21.3 Å². The van der Waals surface area contributed by atoms with Crippen LogP contribution in [0.5, 0.6) is 28.7 Å². The van der Waals surface area contributed by atoms with Crippen LogP contribution in [0.3, 0.4) is 0 Å². The van der Waals surface area contributed by atoms with E-state index in [0.29, 0.717) is 22.8 Å². The zero-order valence-corrected chi connectivity index (χ0v) is 15.8. The van der Waals surface area contributed by atoms with Crippen LogP contribution in [0.2, 0.25) is 0 Å². The highest BCUT2D eigenvalue weighted by Gasteiger charge is 2.48. The first-order valence-electron chi connectivity index (χ1n) is 8.37. The average Bonchev–Trinajstić information content (AvgIpc) is 2.92. The van der Waals surface area contributed by atoms with E-state index in [4.69, 9.17) is 18.9 Å². The number of fused-ring (bicyclic) bond motifs is 1. The summed E-state index contributed by atoms with van der Waals surface area (Å²) in [7, 11) is 4.54. The van der Waals surface area contributed by atoms with Gasteiger partial charge < -0.3 is 29.2 Å². The Morgan fingerprint density at radius 2 is 1.70 bits per heavy atom. The number of carboxylic acid groups (broad SMARTS) is 1. The zero-order valence-electron chi connectivity index (χ0n) is 15.8. The van der Waals surface area contributed by atoms with Crippen molar-refractivity contribution in [3.63, 3.8) is 0 Å². The molecule has 0 amide bonds. The summed E-state index contributed by atoms with van der Waals surface area (Å²) in [5, 5.41) is 19.8. The molecule has 0 radical (unpaired) electrons. The van der Waals surface area contributed by atoms with Crippen molar-refractivity contribution in [2.45, 2.75) is 25.4 Å². The lowest BCUT2D eigenvalue weighted by atomic mass is 9.80. The average molecular weight is 374 g/mol. The minimum Gasteiger partial charge on any atom is -0.507 e. The number of aromatic hydroxyl groups is 1. The molecular weight excluding hydrogens is 352 g/mol. The van der Waals surface area contributed by atoms with Crippen LogP contribution in [0, 0.1) is 0 Å². The molecule has 2 atom stereocenters. The number of phenols is 1. The molecule has 1 aliphatic rings. The molecule has 2 aromatic carbocycles. The van der Waals surface area contributed by atoms with Crippen LogP contribution in [0.25, 0.3) is 0 Å². The van der Waals surface area contributed by atoms with Crippen molar-refractivity contribution in [1.82, 2.24) is 0 Å². The second-order valence-corrected chi connectivity index (χ2v) is 6.52. The molecule has 7 heteroatoms. The minimum atomic E-state index is -1.22. The lowest BCUT2D eigenvalue weighted by molar-refractivity contribution is 0.0691. The molecule has 144 valence electrons. The maximum absolute atomic E-state index is 11.8. The first-order chi connectivity index (χ1) is 12.8. The highest BCUT2D eigenvalue weighted by atomic mass is 16.5. The Bertz CT molecular complexity index is 906. The van der Waals surface area contributed by atoms with E-state index < -0.39 is 11.6 Å². The standard InChI is InChI=1S/C20H22O7/c1-10-16-17(19(22)23)12(21)9-15(26-5)18(16)27-20(10,2)11-6-7-13(24-3)14(8-11)25-4/h6-10,21H,1-5H3,(H,22,23). The largest absolute Gasteiger partial charge is 0.507 e. The number of rotatable bonds is 5. The molecular formula is C20H22O7. The molecule has 0 bridgehead atoms. The highest BCUT2D eigenvalue weighted by Crippen LogP contribution is 2.57. The van der Waals surface area contributed by atoms with Crippen LogP contribution in [-0.2, 0) is 5.60 Å². The van der Waals surface area contributed by atoms with Gasteiger partial charge >= 0.3 is 5.97 Å². The van der Waals surface area contributed by atoms with Gasteiger partial charge in [-0.15, -0.1) is 0 Å². The zero-order chi connectivity index (χ0) is 19.9. The number of hydrogen-bond acceptors (Lipinski definition) is 6. The van der Waals surface area contributed by atoms with Gasteiger partial charge in [0.1, 0.15) is 16.9 Å². The highest BCUT2D eigenvalue weighted by molar-refractivity contribution is 5.95. The van der Waals surface area contributed by atoms with E-state index >= 15 is 0 Å². The van der Waals surface area contributed by atoms with Crippen LogP contribution < -0.4 is 18.9 Å². The van der Waals surface area contributed by atoms with Crippen LogP contribution in [0.15, 0.2) is 24.3 Å². The Balaban J connectivity index is 2.20. The molecule has 0 saturated heterocycles. The molecule has 7 nitrogen and oxygen atoms in total. The van der Waals surface area contributed by atoms with Crippen LogP contribution >= 0.6 is 0 Å². The van der Waals surface area contributed by atoms with Crippen molar-refractivity contribution >= 4 is 5.97 Å². The van der Waals surface area contributed by atoms with E-state index in [1.807, 2.05) is 19.9 Å². The summed E-state index contributed by atoms with van der Waals surface area (Å²) < 4.78 is 22.2. The van der Waals surface area contributed by atoms with Gasteiger partial charge in [-0.2, -0.15) is 0 Å². The molecule has 1 heterocycles. The summed E-state index contributed by atoms with van der Waals surface area (Å²) >= 11 is 0.